The quantitative estimate of drug-likeness (QED) is 0.578. The molecule has 150 valence electrons. The topological polar surface area (TPSA) is 105 Å². The number of nitrogens with one attached hydrogen (secondary N) is 1. The molecule has 0 atom stereocenters. The Morgan fingerprint density at radius 3 is 3.03 bits per heavy atom. The number of carbonyl (C=O) groups excluding carboxylic acids is 2. The number of aromatic nitrogens is 1. The van der Waals surface area contributed by atoms with Crippen molar-refractivity contribution in [2.45, 2.75) is 13.0 Å². The molecule has 2 amide bonds. The first-order chi connectivity index (χ1) is 14.1. The Labute approximate surface area is 172 Å². The van der Waals surface area contributed by atoms with E-state index >= 15 is 0 Å². The van der Waals surface area contributed by atoms with Crippen LogP contribution >= 0.6 is 11.3 Å². The molecule has 3 heterocycles. The second-order valence-electron chi connectivity index (χ2n) is 6.21. The maximum atomic E-state index is 12.3. The van der Waals surface area contributed by atoms with Gasteiger partial charge in [-0.15, -0.1) is 11.3 Å². The average Bonchev–Trinajstić information content (AvgIpc) is 3.09. The molecule has 1 aliphatic rings. The number of hydrogen-bond donors (Lipinski definition) is 1. The molecule has 1 aliphatic heterocycles. The van der Waals surface area contributed by atoms with Crippen LogP contribution in [0.4, 0.5) is 9.80 Å². The lowest BCUT2D eigenvalue weighted by molar-refractivity contribution is -0.111. The molecule has 0 spiro atoms. The summed E-state index contributed by atoms with van der Waals surface area (Å²) in [6.45, 7) is 1.34. The number of nitrogens with zero attached hydrogens (tertiary/aromatic N) is 3. The van der Waals surface area contributed by atoms with Gasteiger partial charge in [0.15, 0.2) is 0 Å². The smallest absolute Gasteiger partial charge is 0.410 e. The molecule has 0 aliphatic carbocycles. The van der Waals surface area contributed by atoms with Crippen molar-refractivity contribution in [3.05, 3.63) is 52.2 Å². The van der Waals surface area contributed by atoms with Crippen molar-refractivity contribution in [1.29, 1.82) is 5.26 Å². The number of thiophene rings is 1. The zero-order valence-electron chi connectivity index (χ0n) is 15.9. The Kier molecular flexibility index (Phi) is 6.94. The molecule has 0 unspecified atom stereocenters. The van der Waals surface area contributed by atoms with E-state index in [1.54, 1.807) is 29.4 Å². The Hall–Kier alpha value is -3.22. The molecule has 9 heteroatoms. The van der Waals surface area contributed by atoms with Crippen molar-refractivity contribution in [2.24, 2.45) is 0 Å². The van der Waals surface area contributed by atoms with E-state index in [4.69, 9.17) is 9.47 Å². The molecule has 8 nitrogen and oxygen atoms in total. The van der Waals surface area contributed by atoms with Crippen molar-refractivity contribution in [1.82, 2.24) is 9.88 Å². The molecular formula is C20H20N4O4S. The summed E-state index contributed by atoms with van der Waals surface area (Å²) in [5.41, 5.74) is 2.14. The van der Waals surface area contributed by atoms with E-state index in [1.807, 2.05) is 6.07 Å². The van der Waals surface area contributed by atoms with Gasteiger partial charge in [0.2, 0.25) is 5.91 Å². The lowest BCUT2D eigenvalue weighted by atomic mass is 10.0. The third-order valence-electron chi connectivity index (χ3n) is 4.29. The lowest BCUT2D eigenvalue weighted by Crippen LogP contribution is -2.36. The Balaban J connectivity index is 1.68. The number of amides is 2. The van der Waals surface area contributed by atoms with E-state index < -0.39 is 6.09 Å². The number of anilines is 1. The normalized spacial score (nSPS) is 13.0. The standard InChI is InChI=1S/C20H20N4O4S/c1-27-9-10-28-20(26)24-8-6-15-16(11-21)19(29-17(15)13-24)23-18(25)5-4-14-3-2-7-22-12-14/h2-5,7,12H,6,8-10,13H2,1H3,(H,23,25)/b5-4+. The zero-order valence-corrected chi connectivity index (χ0v) is 16.7. The Morgan fingerprint density at radius 2 is 2.31 bits per heavy atom. The van der Waals surface area contributed by atoms with Crippen LogP contribution in [0.25, 0.3) is 6.08 Å². The van der Waals surface area contributed by atoms with E-state index in [1.165, 1.54) is 24.5 Å². The lowest BCUT2D eigenvalue weighted by Gasteiger charge is -2.26. The van der Waals surface area contributed by atoms with Crippen LogP contribution in [-0.4, -0.2) is 48.8 Å². The second kappa shape index (κ2) is 9.82. The number of nitriles is 1. The van der Waals surface area contributed by atoms with Gasteiger partial charge in [0.25, 0.3) is 0 Å². The number of ether oxygens (including phenoxy) is 2. The van der Waals surface area contributed by atoms with Gasteiger partial charge in [0, 0.05) is 37.0 Å². The predicted molar refractivity (Wildman–Crippen MR) is 108 cm³/mol. The molecule has 0 fully saturated rings. The number of fused-ring (bicyclic) bond motifs is 1. The first kappa shape index (κ1) is 20.5. The molecule has 0 radical (unpaired) electrons. The van der Waals surface area contributed by atoms with Gasteiger partial charge in [-0.1, -0.05) is 6.07 Å². The summed E-state index contributed by atoms with van der Waals surface area (Å²) in [4.78, 5) is 30.9. The summed E-state index contributed by atoms with van der Waals surface area (Å²) in [7, 11) is 1.54. The van der Waals surface area contributed by atoms with E-state index in [-0.39, 0.29) is 12.5 Å². The van der Waals surface area contributed by atoms with Crippen LogP contribution in [0.15, 0.2) is 30.6 Å². The van der Waals surface area contributed by atoms with Crippen molar-refractivity contribution in [2.75, 3.05) is 32.2 Å². The summed E-state index contributed by atoms with van der Waals surface area (Å²) >= 11 is 1.31. The van der Waals surface area contributed by atoms with Gasteiger partial charge >= 0.3 is 6.09 Å². The number of pyridine rings is 1. The summed E-state index contributed by atoms with van der Waals surface area (Å²) < 4.78 is 10.0. The highest BCUT2D eigenvalue weighted by Gasteiger charge is 2.28. The van der Waals surface area contributed by atoms with Crippen molar-refractivity contribution in [3.63, 3.8) is 0 Å². The van der Waals surface area contributed by atoms with Gasteiger partial charge in [0.05, 0.1) is 18.7 Å². The van der Waals surface area contributed by atoms with Crippen molar-refractivity contribution < 1.29 is 19.1 Å². The molecule has 0 aromatic carbocycles. The Morgan fingerprint density at radius 1 is 1.45 bits per heavy atom. The molecule has 1 N–H and O–H groups in total. The Bertz CT molecular complexity index is 949. The summed E-state index contributed by atoms with van der Waals surface area (Å²) in [5, 5.41) is 12.8. The zero-order chi connectivity index (χ0) is 20.6. The maximum absolute atomic E-state index is 12.3. The molecule has 3 rings (SSSR count). The maximum Gasteiger partial charge on any atom is 0.410 e. The first-order valence-electron chi connectivity index (χ1n) is 8.96. The van der Waals surface area contributed by atoms with Gasteiger partial charge in [-0.25, -0.2) is 4.79 Å². The van der Waals surface area contributed by atoms with E-state index in [2.05, 4.69) is 16.4 Å². The van der Waals surface area contributed by atoms with Crippen LogP contribution in [0.5, 0.6) is 0 Å². The molecule has 0 saturated heterocycles. The van der Waals surface area contributed by atoms with E-state index in [0.29, 0.717) is 36.7 Å². The van der Waals surface area contributed by atoms with Gasteiger partial charge in [-0.3, -0.25) is 9.78 Å². The first-order valence-corrected chi connectivity index (χ1v) is 9.78. The molecule has 2 aromatic heterocycles. The fourth-order valence-corrected chi connectivity index (χ4v) is 4.09. The molecule has 0 bridgehead atoms. The largest absolute Gasteiger partial charge is 0.447 e. The number of methoxy groups -OCH3 is 1. The van der Waals surface area contributed by atoms with Crippen LogP contribution < -0.4 is 5.32 Å². The highest BCUT2D eigenvalue weighted by molar-refractivity contribution is 7.16. The highest BCUT2D eigenvalue weighted by atomic mass is 32.1. The van der Waals surface area contributed by atoms with Crippen LogP contribution in [0.2, 0.25) is 0 Å². The average molecular weight is 412 g/mol. The SMILES string of the molecule is COCCOC(=O)N1CCc2c(sc(NC(=O)/C=C/c3cccnc3)c2C#N)C1. The van der Waals surface area contributed by atoms with E-state index in [0.717, 1.165) is 16.0 Å². The van der Waals surface area contributed by atoms with Crippen LogP contribution in [0.1, 0.15) is 21.6 Å². The van der Waals surface area contributed by atoms with Crippen LogP contribution in [0, 0.1) is 11.3 Å². The van der Waals surface area contributed by atoms with Crippen molar-refractivity contribution >= 4 is 34.4 Å². The third kappa shape index (κ3) is 5.19. The minimum Gasteiger partial charge on any atom is -0.447 e. The number of carbonyl (C=O) groups is 2. The minimum absolute atomic E-state index is 0.192. The fourth-order valence-electron chi connectivity index (χ4n) is 2.87. The van der Waals surface area contributed by atoms with Crippen LogP contribution in [-0.2, 0) is 27.2 Å². The van der Waals surface area contributed by atoms with Crippen molar-refractivity contribution in [3.8, 4) is 6.07 Å². The van der Waals surface area contributed by atoms with E-state index in [9.17, 15) is 14.9 Å². The van der Waals surface area contributed by atoms with Gasteiger partial charge < -0.3 is 19.7 Å². The summed E-state index contributed by atoms with van der Waals surface area (Å²) in [6.07, 6.45) is 6.48. The monoisotopic (exact) mass is 412 g/mol. The van der Waals surface area contributed by atoms with Gasteiger partial charge in [0.1, 0.15) is 17.7 Å². The highest BCUT2D eigenvalue weighted by Crippen LogP contribution is 2.36. The molecule has 29 heavy (non-hydrogen) atoms. The summed E-state index contributed by atoms with van der Waals surface area (Å²) in [6, 6.07) is 5.80. The number of rotatable bonds is 6. The summed E-state index contributed by atoms with van der Waals surface area (Å²) in [5.74, 6) is -0.334. The molecular weight excluding hydrogens is 392 g/mol. The second-order valence-corrected chi connectivity index (χ2v) is 7.31. The predicted octanol–water partition coefficient (Wildman–Crippen LogP) is 2.81. The minimum atomic E-state index is -0.412. The van der Waals surface area contributed by atoms with Gasteiger partial charge in [-0.05, 0) is 29.7 Å². The fraction of sp³-hybridized carbons (Fsp3) is 0.300. The number of hydrogen-bond acceptors (Lipinski definition) is 7. The van der Waals surface area contributed by atoms with Crippen LogP contribution in [0.3, 0.4) is 0 Å². The molecule has 2 aromatic rings. The third-order valence-corrected chi connectivity index (χ3v) is 5.42. The van der Waals surface area contributed by atoms with Gasteiger partial charge in [-0.2, -0.15) is 5.26 Å². The molecule has 0 saturated carbocycles.